The van der Waals surface area contributed by atoms with Crippen molar-refractivity contribution in [1.29, 1.82) is 0 Å². The van der Waals surface area contributed by atoms with E-state index in [-0.39, 0.29) is 11.8 Å². The van der Waals surface area contributed by atoms with Crippen LogP contribution in [0, 0.1) is 5.92 Å². The van der Waals surface area contributed by atoms with Crippen LogP contribution in [0.3, 0.4) is 0 Å². The second kappa shape index (κ2) is 7.14. The molecule has 0 aliphatic heterocycles. The molecule has 2 rings (SSSR count). The van der Waals surface area contributed by atoms with Crippen LogP contribution in [-0.4, -0.2) is 31.4 Å². The summed E-state index contributed by atoms with van der Waals surface area (Å²) in [5.41, 5.74) is 6.43. The predicted molar refractivity (Wildman–Crippen MR) is 97.4 cm³/mol. The van der Waals surface area contributed by atoms with E-state index in [2.05, 4.69) is 43.0 Å². The lowest BCUT2D eigenvalue weighted by Crippen LogP contribution is -2.48. The Morgan fingerprint density at radius 3 is 2.43 bits per heavy atom. The molecule has 0 aliphatic rings. The molecule has 124 valence electrons. The number of nitrogens with two attached hydrogens (primary N) is 1. The lowest BCUT2D eigenvalue weighted by atomic mass is 9.66. The van der Waals surface area contributed by atoms with Crippen LogP contribution in [0.5, 0.6) is 0 Å². The smallest absolute Gasteiger partial charge is 0.228 e. The van der Waals surface area contributed by atoms with Gasteiger partial charge < -0.3 is 10.6 Å². The Kier molecular flexibility index (Phi) is 5.42. The van der Waals surface area contributed by atoms with Crippen LogP contribution >= 0.6 is 0 Å². The first-order valence-corrected chi connectivity index (χ1v) is 8.36. The number of hydrogen-bond donors (Lipinski definition) is 1. The minimum Gasteiger partial charge on any atom is -0.369 e. The van der Waals surface area contributed by atoms with E-state index in [1.807, 2.05) is 32.3 Å². The van der Waals surface area contributed by atoms with Gasteiger partial charge in [0, 0.05) is 0 Å². The zero-order valence-electron chi connectivity index (χ0n) is 14.7. The summed E-state index contributed by atoms with van der Waals surface area (Å²) in [5, 5.41) is 2.29. The first-order chi connectivity index (χ1) is 10.9. The van der Waals surface area contributed by atoms with Gasteiger partial charge in [0.1, 0.15) is 0 Å². The van der Waals surface area contributed by atoms with Crippen molar-refractivity contribution in [2.45, 2.75) is 32.1 Å². The summed E-state index contributed by atoms with van der Waals surface area (Å²) in [7, 11) is 4.07. The van der Waals surface area contributed by atoms with Gasteiger partial charge in [0.2, 0.25) is 5.91 Å². The molecule has 2 atom stereocenters. The van der Waals surface area contributed by atoms with Crippen molar-refractivity contribution in [3.05, 3.63) is 48.0 Å². The largest absolute Gasteiger partial charge is 0.369 e. The number of rotatable bonds is 7. The maximum absolute atomic E-state index is 12.7. The number of amides is 1. The van der Waals surface area contributed by atoms with Gasteiger partial charge >= 0.3 is 0 Å². The fourth-order valence-electron chi connectivity index (χ4n) is 3.51. The van der Waals surface area contributed by atoms with Crippen LogP contribution in [0.1, 0.15) is 32.3 Å². The van der Waals surface area contributed by atoms with Crippen molar-refractivity contribution in [1.82, 2.24) is 4.90 Å². The van der Waals surface area contributed by atoms with Gasteiger partial charge in [0.15, 0.2) is 0 Å². The van der Waals surface area contributed by atoms with E-state index < -0.39 is 5.41 Å². The molecule has 23 heavy (non-hydrogen) atoms. The first-order valence-electron chi connectivity index (χ1n) is 8.36. The lowest BCUT2D eigenvalue weighted by molar-refractivity contribution is -0.125. The van der Waals surface area contributed by atoms with Crippen molar-refractivity contribution in [2.24, 2.45) is 11.7 Å². The molecule has 0 heterocycles. The minimum atomic E-state index is -0.639. The van der Waals surface area contributed by atoms with Gasteiger partial charge in [-0.2, -0.15) is 0 Å². The second-order valence-electron chi connectivity index (χ2n) is 6.72. The van der Waals surface area contributed by atoms with Crippen molar-refractivity contribution < 1.29 is 4.79 Å². The molecule has 0 unspecified atom stereocenters. The van der Waals surface area contributed by atoms with Gasteiger partial charge in [-0.15, -0.1) is 0 Å². The summed E-state index contributed by atoms with van der Waals surface area (Å²) in [6.07, 6.45) is 1.65. The van der Waals surface area contributed by atoms with Crippen LogP contribution < -0.4 is 5.73 Å². The van der Waals surface area contributed by atoms with Gasteiger partial charge in [-0.3, -0.25) is 4.79 Å². The highest BCUT2D eigenvalue weighted by Crippen LogP contribution is 2.41. The topological polar surface area (TPSA) is 46.3 Å². The summed E-state index contributed by atoms with van der Waals surface area (Å²) in [5.74, 6) is -0.0317. The van der Waals surface area contributed by atoms with Gasteiger partial charge in [0.25, 0.3) is 0 Å². The molecule has 1 amide bonds. The van der Waals surface area contributed by atoms with Gasteiger partial charge in [-0.25, -0.2) is 0 Å². The average molecular weight is 312 g/mol. The molecule has 3 heteroatoms. The van der Waals surface area contributed by atoms with E-state index in [1.165, 1.54) is 0 Å². The number of primary amides is 1. The molecule has 0 spiro atoms. The van der Waals surface area contributed by atoms with Gasteiger partial charge in [0.05, 0.1) is 5.41 Å². The molecule has 0 aromatic heterocycles. The lowest BCUT2D eigenvalue weighted by Gasteiger charge is -2.38. The molecule has 0 aliphatic carbocycles. The normalized spacial score (nSPS) is 15.5. The van der Waals surface area contributed by atoms with Crippen LogP contribution in [-0.2, 0) is 10.2 Å². The monoisotopic (exact) mass is 312 g/mol. The predicted octanol–water partition coefficient (Wildman–Crippen LogP) is 3.56. The summed E-state index contributed by atoms with van der Waals surface area (Å²) in [6, 6.07) is 14.4. The van der Waals surface area contributed by atoms with E-state index in [4.69, 9.17) is 5.73 Å². The quantitative estimate of drug-likeness (QED) is 0.849. The molecule has 3 nitrogen and oxygen atoms in total. The van der Waals surface area contributed by atoms with Crippen molar-refractivity contribution in [3.63, 3.8) is 0 Å². The standard InChI is InChI=1S/C20H28N2O/c1-5-15(2)20(19(21)23,13-14-22(3)4)18-12-8-10-16-9-6-7-11-17(16)18/h6-12,15H,5,13-14H2,1-4H3,(H2,21,23)/t15-,20-/m0/s1. The molecule has 0 radical (unpaired) electrons. The fraction of sp³-hybridized carbons (Fsp3) is 0.450. The summed E-state index contributed by atoms with van der Waals surface area (Å²) in [6.45, 7) is 5.10. The number of benzene rings is 2. The van der Waals surface area contributed by atoms with Gasteiger partial charge in [-0.05, 0) is 49.3 Å². The van der Waals surface area contributed by atoms with Crippen LogP contribution in [0.15, 0.2) is 42.5 Å². The SMILES string of the molecule is CC[C@H](C)[C@](CCN(C)C)(C(N)=O)c1cccc2ccccc12. The molecular formula is C20H28N2O. The molecule has 0 bridgehead atoms. The number of nitrogens with zero attached hydrogens (tertiary/aromatic N) is 1. The molecule has 2 N–H and O–H groups in total. The Morgan fingerprint density at radius 1 is 1.17 bits per heavy atom. The van der Waals surface area contributed by atoms with Crippen molar-refractivity contribution in [2.75, 3.05) is 20.6 Å². The minimum absolute atomic E-state index is 0.186. The van der Waals surface area contributed by atoms with Crippen molar-refractivity contribution >= 4 is 16.7 Å². The zero-order chi connectivity index (χ0) is 17.0. The zero-order valence-corrected chi connectivity index (χ0v) is 14.7. The Bertz CT molecular complexity index is 675. The highest BCUT2D eigenvalue weighted by atomic mass is 16.1. The second-order valence-corrected chi connectivity index (χ2v) is 6.72. The van der Waals surface area contributed by atoms with Crippen molar-refractivity contribution in [3.8, 4) is 0 Å². The first kappa shape index (κ1) is 17.5. The van der Waals surface area contributed by atoms with Gasteiger partial charge in [-0.1, -0.05) is 62.7 Å². The highest BCUT2D eigenvalue weighted by molar-refractivity contribution is 5.95. The Labute approximate surface area is 139 Å². The molecule has 0 saturated carbocycles. The van der Waals surface area contributed by atoms with Crippen LogP contribution in [0.4, 0.5) is 0 Å². The third kappa shape index (κ3) is 3.25. The van der Waals surface area contributed by atoms with E-state index in [0.29, 0.717) is 0 Å². The third-order valence-electron chi connectivity index (χ3n) is 5.12. The summed E-state index contributed by atoms with van der Waals surface area (Å²) >= 11 is 0. The number of fused-ring (bicyclic) bond motifs is 1. The maximum atomic E-state index is 12.7. The number of hydrogen-bond acceptors (Lipinski definition) is 2. The average Bonchev–Trinajstić information content (AvgIpc) is 2.54. The fourth-order valence-corrected chi connectivity index (χ4v) is 3.51. The molecular weight excluding hydrogens is 284 g/mol. The molecule has 0 fully saturated rings. The molecule has 2 aromatic carbocycles. The van der Waals surface area contributed by atoms with E-state index in [0.717, 1.165) is 35.7 Å². The Balaban J connectivity index is 2.70. The Morgan fingerprint density at radius 2 is 1.83 bits per heavy atom. The van der Waals surface area contributed by atoms with Crippen LogP contribution in [0.2, 0.25) is 0 Å². The van der Waals surface area contributed by atoms with Crippen LogP contribution in [0.25, 0.3) is 10.8 Å². The number of carbonyl (C=O) groups excluding carboxylic acids is 1. The van der Waals surface area contributed by atoms with E-state index in [1.54, 1.807) is 0 Å². The highest BCUT2D eigenvalue weighted by Gasteiger charge is 2.43. The Hall–Kier alpha value is -1.87. The van der Waals surface area contributed by atoms with E-state index in [9.17, 15) is 4.79 Å². The third-order valence-corrected chi connectivity index (χ3v) is 5.12. The maximum Gasteiger partial charge on any atom is 0.228 e. The number of carbonyl (C=O) groups is 1. The summed E-state index contributed by atoms with van der Waals surface area (Å²) in [4.78, 5) is 14.8. The summed E-state index contributed by atoms with van der Waals surface area (Å²) < 4.78 is 0. The van der Waals surface area contributed by atoms with E-state index >= 15 is 0 Å². The molecule has 2 aromatic rings. The molecule has 0 saturated heterocycles.